The quantitative estimate of drug-likeness (QED) is 0.371. The molecule has 31 heavy (non-hydrogen) atoms. The summed E-state index contributed by atoms with van der Waals surface area (Å²) in [5.74, 6) is -0.824. The van der Waals surface area contributed by atoms with Gasteiger partial charge in [0.05, 0.1) is 30.1 Å². The minimum absolute atomic E-state index is 0.0374. The molecule has 1 amide bonds. The van der Waals surface area contributed by atoms with Gasteiger partial charge in [-0.15, -0.1) is 0 Å². The number of para-hydroxylation sites is 2. The number of hydrogen-bond donors (Lipinski definition) is 3. The molecule has 3 N–H and O–H groups in total. The van der Waals surface area contributed by atoms with Crippen molar-refractivity contribution in [2.45, 2.75) is 39.7 Å². The predicted octanol–water partition coefficient (Wildman–Crippen LogP) is 3.05. The number of anilines is 1. The molecule has 1 fully saturated rings. The minimum atomic E-state index is -0.464. The first-order valence-corrected chi connectivity index (χ1v) is 10.4. The van der Waals surface area contributed by atoms with Crippen molar-refractivity contribution in [1.29, 1.82) is 0 Å². The highest BCUT2D eigenvalue weighted by molar-refractivity contribution is 6.03. The second-order valence-corrected chi connectivity index (χ2v) is 7.97. The van der Waals surface area contributed by atoms with E-state index >= 15 is 0 Å². The van der Waals surface area contributed by atoms with Crippen LogP contribution in [-0.4, -0.2) is 58.9 Å². The first-order chi connectivity index (χ1) is 14.7. The molecular weight excluding hydrogens is 398 g/mol. The highest BCUT2D eigenvalue weighted by Gasteiger charge is 2.32. The first kappa shape index (κ1) is 22.6. The van der Waals surface area contributed by atoms with Gasteiger partial charge in [-0.3, -0.25) is 14.5 Å². The lowest BCUT2D eigenvalue weighted by molar-refractivity contribution is -0.121. The molecule has 2 aromatic rings. The number of aromatic hydroxyl groups is 1. The molecule has 8 heteroatoms. The number of methoxy groups -OCH3 is 1. The summed E-state index contributed by atoms with van der Waals surface area (Å²) in [6.45, 7) is 6.54. The number of likely N-dealkylation sites (tertiary alicyclic amines) is 1. The van der Waals surface area contributed by atoms with Crippen molar-refractivity contribution in [3.63, 3.8) is 0 Å². The Kier molecular flexibility index (Phi) is 6.80. The Morgan fingerprint density at radius 3 is 2.45 bits per heavy atom. The number of piperidine rings is 1. The average Bonchev–Trinajstić information content (AvgIpc) is 3.07. The largest absolute Gasteiger partial charge is 0.506 e. The Labute approximate surface area is 181 Å². The minimum Gasteiger partial charge on any atom is -0.506 e. The lowest BCUT2D eigenvalue weighted by Gasteiger charge is -2.34. The molecule has 0 unspecified atom stereocenters. The summed E-state index contributed by atoms with van der Waals surface area (Å²) in [7, 11) is 1.32. The molecule has 8 nitrogen and oxygen atoms in total. The van der Waals surface area contributed by atoms with Crippen LogP contribution in [0.2, 0.25) is 0 Å². The van der Waals surface area contributed by atoms with Crippen LogP contribution in [0.1, 0.15) is 51.9 Å². The van der Waals surface area contributed by atoms with E-state index in [4.69, 9.17) is 4.74 Å². The Morgan fingerprint density at radius 1 is 1.19 bits per heavy atom. The van der Waals surface area contributed by atoms with Gasteiger partial charge in [0.15, 0.2) is 5.78 Å². The van der Waals surface area contributed by atoms with E-state index in [1.54, 1.807) is 32.0 Å². The maximum Gasteiger partial charge on any atom is 0.339 e. The van der Waals surface area contributed by atoms with Gasteiger partial charge in [-0.05, 0) is 64.4 Å². The van der Waals surface area contributed by atoms with Gasteiger partial charge in [-0.25, -0.2) is 4.79 Å². The number of aromatic nitrogens is 1. The zero-order valence-electron chi connectivity index (χ0n) is 18.3. The van der Waals surface area contributed by atoms with Crippen LogP contribution in [0.25, 0.3) is 0 Å². The van der Waals surface area contributed by atoms with Crippen molar-refractivity contribution in [1.82, 2.24) is 9.88 Å². The molecular formula is C23H29N3O5. The third kappa shape index (κ3) is 4.64. The summed E-state index contributed by atoms with van der Waals surface area (Å²) < 4.78 is 4.82. The number of nitrogens with one attached hydrogen (secondary N) is 2. The SMILES string of the molecule is COC(=O)c1c(C)[nH]c(C(=O)[C@H](C)N2CCC(C(=O)Nc3ccccc3O)CC2)c1C. The molecule has 2 heterocycles. The Bertz CT molecular complexity index is 989. The summed E-state index contributed by atoms with van der Waals surface area (Å²) in [6, 6.07) is 6.25. The van der Waals surface area contributed by atoms with Gasteiger partial charge >= 0.3 is 5.97 Å². The number of phenols is 1. The second-order valence-electron chi connectivity index (χ2n) is 7.97. The Morgan fingerprint density at radius 2 is 1.84 bits per heavy atom. The van der Waals surface area contributed by atoms with Crippen LogP contribution in [0.4, 0.5) is 5.69 Å². The summed E-state index contributed by atoms with van der Waals surface area (Å²) in [6.07, 6.45) is 1.24. The van der Waals surface area contributed by atoms with Crippen LogP contribution in [-0.2, 0) is 9.53 Å². The fraction of sp³-hybridized carbons (Fsp3) is 0.435. The van der Waals surface area contributed by atoms with E-state index in [1.165, 1.54) is 13.2 Å². The average molecular weight is 428 g/mol. The zero-order chi connectivity index (χ0) is 22.7. The predicted molar refractivity (Wildman–Crippen MR) is 116 cm³/mol. The molecule has 1 aromatic heterocycles. The van der Waals surface area contributed by atoms with E-state index in [0.29, 0.717) is 54.1 Å². The van der Waals surface area contributed by atoms with E-state index in [2.05, 4.69) is 15.2 Å². The molecule has 1 aliphatic heterocycles. The van der Waals surface area contributed by atoms with Gasteiger partial charge in [0, 0.05) is 11.6 Å². The van der Waals surface area contributed by atoms with Crippen LogP contribution < -0.4 is 5.32 Å². The number of Topliss-reactive ketones (excluding diaryl/α,β-unsaturated/α-hetero) is 1. The third-order valence-electron chi connectivity index (χ3n) is 6.06. The maximum atomic E-state index is 13.1. The number of ketones is 1. The number of carbonyl (C=O) groups is 3. The number of carbonyl (C=O) groups excluding carboxylic acids is 3. The number of esters is 1. The third-order valence-corrected chi connectivity index (χ3v) is 6.06. The summed E-state index contributed by atoms with van der Waals surface area (Å²) in [4.78, 5) is 42.8. The molecule has 1 aliphatic rings. The van der Waals surface area contributed by atoms with E-state index in [-0.39, 0.29) is 29.4 Å². The topological polar surface area (TPSA) is 112 Å². The van der Waals surface area contributed by atoms with E-state index in [1.807, 2.05) is 6.92 Å². The van der Waals surface area contributed by atoms with Gasteiger partial charge in [0.1, 0.15) is 5.75 Å². The number of H-pyrrole nitrogens is 1. The number of amides is 1. The number of aromatic amines is 1. The van der Waals surface area contributed by atoms with Crippen molar-refractivity contribution in [2.75, 3.05) is 25.5 Å². The monoisotopic (exact) mass is 427 g/mol. The van der Waals surface area contributed by atoms with Gasteiger partial charge < -0.3 is 20.1 Å². The van der Waals surface area contributed by atoms with Crippen LogP contribution in [0.5, 0.6) is 5.75 Å². The fourth-order valence-electron chi connectivity index (χ4n) is 4.14. The van der Waals surface area contributed by atoms with Crippen LogP contribution in [0.15, 0.2) is 24.3 Å². The zero-order valence-corrected chi connectivity index (χ0v) is 18.3. The molecule has 3 rings (SSSR count). The molecule has 0 aliphatic carbocycles. The number of hydrogen-bond acceptors (Lipinski definition) is 6. The van der Waals surface area contributed by atoms with Crippen molar-refractivity contribution < 1.29 is 24.2 Å². The van der Waals surface area contributed by atoms with Gasteiger partial charge in [-0.2, -0.15) is 0 Å². The standard InChI is InChI=1S/C23H29N3O5/c1-13-19(23(30)31-4)14(2)24-20(13)21(28)15(3)26-11-9-16(10-12-26)22(29)25-17-7-5-6-8-18(17)27/h5-8,15-16,24,27H,9-12H2,1-4H3,(H,25,29)/t15-/m0/s1. The fourth-order valence-corrected chi connectivity index (χ4v) is 4.14. The van der Waals surface area contributed by atoms with Crippen LogP contribution >= 0.6 is 0 Å². The maximum absolute atomic E-state index is 13.1. The van der Waals surface area contributed by atoms with Gasteiger partial charge in [-0.1, -0.05) is 12.1 Å². The summed E-state index contributed by atoms with van der Waals surface area (Å²) in [5.41, 5.74) is 2.43. The molecule has 0 radical (unpaired) electrons. The lowest BCUT2D eigenvalue weighted by Crippen LogP contribution is -2.46. The normalized spacial score (nSPS) is 16.0. The molecule has 0 spiro atoms. The van der Waals surface area contributed by atoms with Crippen molar-refractivity contribution >= 4 is 23.3 Å². The van der Waals surface area contributed by atoms with Crippen molar-refractivity contribution in [3.8, 4) is 5.75 Å². The summed E-state index contributed by atoms with van der Waals surface area (Å²) >= 11 is 0. The number of phenolic OH excluding ortho intramolecular Hbond substituents is 1. The molecule has 1 atom stereocenters. The van der Waals surface area contributed by atoms with E-state index < -0.39 is 5.97 Å². The lowest BCUT2D eigenvalue weighted by atomic mass is 9.93. The molecule has 1 saturated heterocycles. The summed E-state index contributed by atoms with van der Waals surface area (Å²) in [5, 5.41) is 12.6. The number of rotatable bonds is 6. The van der Waals surface area contributed by atoms with E-state index in [9.17, 15) is 19.5 Å². The highest BCUT2D eigenvalue weighted by Crippen LogP contribution is 2.27. The number of ether oxygens (including phenoxy) is 1. The molecule has 1 aromatic carbocycles. The van der Waals surface area contributed by atoms with Crippen LogP contribution in [0, 0.1) is 19.8 Å². The molecule has 0 saturated carbocycles. The van der Waals surface area contributed by atoms with Gasteiger partial charge in [0.2, 0.25) is 5.91 Å². The van der Waals surface area contributed by atoms with Gasteiger partial charge in [0.25, 0.3) is 0 Å². The Balaban J connectivity index is 1.62. The molecule has 0 bridgehead atoms. The number of nitrogens with zero attached hydrogens (tertiary/aromatic N) is 1. The van der Waals surface area contributed by atoms with Crippen molar-refractivity contribution in [2.24, 2.45) is 5.92 Å². The Hall–Kier alpha value is -3.13. The number of benzene rings is 1. The smallest absolute Gasteiger partial charge is 0.339 e. The highest BCUT2D eigenvalue weighted by atomic mass is 16.5. The second kappa shape index (κ2) is 9.34. The number of aryl methyl sites for hydroxylation is 1. The van der Waals surface area contributed by atoms with Crippen molar-refractivity contribution in [3.05, 3.63) is 46.8 Å². The first-order valence-electron chi connectivity index (χ1n) is 10.4. The van der Waals surface area contributed by atoms with E-state index in [0.717, 1.165) is 0 Å². The molecule has 166 valence electrons. The van der Waals surface area contributed by atoms with Crippen LogP contribution in [0.3, 0.4) is 0 Å².